The minimum absolute atomic E-state index is 0.538. The molecule has 0 heterocycles. The minimum atomic E-state index is 0.538. The molecule has 2 nitrogen and oxygen atoms in total. The third-order valence-corrected chi connectivity index (χ3v) is 2.18. The largest absolute Gasteiger partial charge is 0.399 e. The van der Waals surface area contributed by atoms with Gasteiger partial charge in [-0.25, -0.2) is 0 Å². The zero-order valence-electron chi connectivity index (χ0n) is 7.67. The van der Waals surface area contributed by atoms with Crippen molar-refractivity contribution in [2.75, 3.05) is 11.5 Å². The Balaban J connectivity index is 3.00. The van der Waals surface area contributed by atoms with Gasteiger partial charge in [0.25, 0.3) is 0 Å². The number of nitrogens with two attached hydrogens (primary N) is 2. The quantitative estimate of drug-likeness (QED) is 0.659. The second-order valence-corrected chi connectivity index (χ2v) is 3.24. The van der Waals surface area contributed by atoms with Crippen LogP contribution < -0.4 is 11.5 Å². The van der Waals surface area contributed by atoms with Crippen molar-refractivity contribution in [2.45, 2.75) is 26.2 Å². The van der Waals surface area contributed by atoms with Crippen LogP contribution in [0.4, 0.5) is 11.4 Å². The lowest BCUT2D eigenvalue weighted by atomic mass is 9.98. The molecule has 4 N–H and O–H groups in total. The highest BCUT2D eigenvalue weighted by molar-refractivity contribution is 5.54. The van der Waals surface area contributed by atoms with Crippen molar-refractivity contribution < 1.29 is 0 Å². The Morgan fingerprint density at radius 1 is 1.17 bits per heavy atom. The van der Waals surface area contributed by atoms with Crippen LogP contribution in [-0.2, 0) is 0 Å². The molecule has 1 atom stereocenters. The molecule has 2 heteroatoms. The number of hydrogen-bond donors (Lipinski definition) is 2. The second kappa shape index (κ2) is 3.48. The van der Waals surface area contributed by atoms with Gasteiger partial charge in [-0.15, -0.1) is 0 Å². The van der Waals surface area contributed by atoms with Crippen molar-refractivity contribution in [3.05, 3.63) is 23.8 Å². The smallest absolute Gasteiger partial charge is 0.0337 e. The van der Waals surface area contributed by atoms with E-state index in [-0.39, 0.29) is 0 Å². The standard InChI is InChI=1S/C10H16N2/c1-3-7(2)8-4-9(11)6-10(12)5-8/h4-7H,3,11-12H2,1-2H3/t7-/m0/s1. The number of anilines is 2. The monoisotopic (exact) mass is 164 g/mol. The zero-order chi connectivity index (χ0) is 9.14. The van der Waals surface area contributed by atoms with Crippen LogP contribution in [-0.4, -0.2) is 0 Å². The lowest BCUT2D eigenvalue weighted by Gasteiger charge is -2.10. The highest BCUT2D eigenvalue weighted by Gasteiger charge is 2.03. The van der Waals surface area contributed by atoms with Crippen LogP contribution in [0.5, 0.6) is 0 Å². The second-order valence-electron chi connectivity index (χ2n) is 3.24. The summed E-state index contributed by atoms with van der Waals surface area (Å²) in [5, 5.41) is 0. The molecule has 0 aliphatic heterocycles. The molecule has 0 saturated heterocycles. The molecular weight excluding hydrogens is 148 g/mol. The van der Waals surface area contributed by atoms with Crippen LogP contribution in [0.3, 0.4) is 0 Å². The van der Waals surface area contributed by atoms with Crippen molar-refractivity contribution >= 4 is 11.4 Å². The maximum absolute atomic E-state index is 5.67. The van der Waals surface area contributed by atoms with Gasteiger partial charge in [-0.2, -0.15) is 0 Å². The molecule has 1 aromatic carbocycles. The molecule has 66 valence electrons. The lowest BCUT2D eigenvalue weighted by Crippen LogP contribution is -1.96. The van der Waals surface area contributed by atoms with Crippen LogP contribution in [0, 0.1) is 0 Å². The summed E-state index contributed by atoms with van der Waals surface area (Å²) in [6.07, 6.45) is 1.11. The van der Waals surface area contributed by atoms with Gasteiger partial charge in [0.1, 0.15) is 0 Å². The predicted molar refractivity (Wildman–Crippen MR) is 54.0 cm³/mol. The third kappa shape index (κ3) is 1.91. The molecule has 0 aliphatic rings. The van der Waals surface area contributed by atoms with Crippen molar-refractivity contribution in [2.24, 2.45) is 0 Å². The van der Waals surface area contributed by atoms with Gasteiger partial charge in [0.2, 0.25) is 0 Å². The maximum atomic E-state index is 5.67. The van der Waals surface area contributed by atoms with Gasteiger partial charge >= 0.3 is 0 Å². The van der Waals surface area contributed by atoms with Gasteiger partial charge in [-0.3, -0.25) is 0 Å². The topological polar surface area (TPSA) is 52.0 Å². The Hall–Kier alpha value is -1.18. The first-order valence-corrected chi connectivity index (χ1v) is 4.29. The predicted octanol–water partition coefficient (Wildman–Crippen LogP) is 2.36. The molecule has 1 aromatic rings. The van der Waals surface area contributed by atoms with E-state index in [0.29, 0.717) is 5.92 Å². The molecule has 0 spiro atoms. The Bertz CT molecular complexity index is 248. The summed E-state index contributed by atoms with van der Waals surface area (Å²) in [7, 11) is 0. The van der Waals surface area contributed by atoms with Gasteiger partial charge in [0, 0.05) is 11.4 Å². The molecule has 0 radical (unpaired) electrons. The lowest BCUT2D eigenvalue weighted by molar-refractivity contribution is 0.734. The fourth-order valence-electron chi connectivity index (χ4n) is 1.22. The van der Waals surface area contributed by atoms with E-state index in [1.54, 1.807) is 6.07 Å². The van der Waals surface area contributed by atoms with E-state index in [9.17, 15) is 0 Å². The summed E-state index contributed by atoms with van der Waals surface area (Å²) in [5.74, 6) is 0.538. The SMILES string of the molecule is CC[C@H](C)c1cc(N)cc(N)c1. The van der Waals surface area contributed by atoms with E-state index in [4.69, 9.17) is 11.5 Å². The van der Waals surface area contributed by atoms with Gasteiger partial charge in [0.05, 0.1) is 0 Å². The number of hydrogen-bond acceptors (Lipinski definition) is 2. The van der Waals surface area contributed by atoms with E-state index < -0.39 is 0 Å². The molecule has 0 fully saturated rings. The molecule has 0 saturated carbocycles. The molecule has 12 heavy (non-hydrogen) atoms. The Morgan fingerprint density at radius 2 is 1.67 bits per heavy atom. The number of nitrogen functional groups attached to an aromatic ring is 2. The molecular formula is C10H16N2. The molecule has 0 amide bonds. The summed E-state index contributed by atoms with van der Waals surface area (Å²) < 4.78 is 0. The first-order chi connectivity index (χ1) is 5.63. The van der Waals surface area contributed by atoms with Gasteiger partial charge in [-0.1, -0.05) is 13.8 Å². The van der Waals surface area contributed by atoms with E-state index in [1.807, 2.05) is 12.1 Å². The molecule has 0 unspecified atom stereocenters. The van der Waals surface area contributed by atoms with Gasteiger partial charge in [-0.05, 0) is 36.1 Å². The van der Waals surface area contributed by atoms with Crippen LogP contribution in [0.1, 0.15) is 31.7 Å². The fourth-order valence-corrected chi connectivity index (χ4v) is 1.22. The average molecular weight is 164 g/mol. The Kier molecular flexibility index (Phi) is 2.58. The Labute approximate surface area is 73.6 Å². The van der Waals surface area contributed by atoms with Crippen LogP contribution in [0.15, 0.2) is 18.2 Å². The van der Waals surface area contributed by atoms with E-state index in [2.05, 4.69) is 13.8 Å². The summed E-state index contributed by atoms with van der Waals surface area (Å²) in [6, 6.07) is 5.76. The average Bonchev–Trinajstić information content (AvgIpc) is 2.01. The van der Waals surface area contributed by atoms with E-state index in [0.717, 1.165) is 17.8 Å². The third-order valence-electron chi connectivity index (χ3n) is 2.18. The summed E-state index contributed by atoms with van der Waals surface area (Å²) >= 11 is 0. The highest BCUT2D eigenvalue weighted by Crippen LogP contribution is 2.23. The van der Waals surface area contributed by atoms with Crippen molar-refractivity contribution in [1.82, 2.24) is 0 Å². The normalized spacial score (nSPS) is 12.8. The molecule has 0 bridgehead atoms. The first-order valence-electron chi connectivity index (χ1n) is 4.29. The van der Waals surface area contributed by atoms with Crippen molar-refractivity contribution in [3.63, 3.8) is 0 Å². The number of rotatable bonds is 2. The zero-order valence-corrected chi connectivity index (χ0v) is 7.67. The van der Waals surface area contributed by atoms with Crippen molar-refractivity contribution in [3.8, 4) is 0 Å². The van der Waals surface area contributed by atoms with Crippen LogP contribution in [0.2, 0.25) is 0 Å². The van der Waals surface area contributed by atoms with Crippen LogP contribution >= 0.6 is 0 Å². The van der Waals surface area contributed by atoms with Gasteiger partial charge < -0.3 is 11.5 Å². The van der Waals surface area contributed by atoms with E-state index >= 15 is 0 Å². The Morgan fingerprint density at radius 3 is 2.08 bits per heavy atom. The molecule has 1 rings (SSSR count). The first kappa shape index (κ1) is 8.91. The fraction of sp³-hybridized carbons (Fsp3) is 0.400. The molecule has 0 aliphatic carbocycles. The molecule has 0 aromatic heterocycles. The number of benzene rings is 1. The van der Waals surface area contributed by atoms with Crippen LogP contribution in [0.25, 0.3) is 0 Å². The van der Waals surface area contributed by atoms with Gasteiger partial charge in [0.15, 0.2) is 0 Å². The summed E-state index contributed by atoms with van der Waals surface area (Å²) in [6.45, 7) is 4.33. The summed E-state index contributed by atoms with van der Waals surface area (Å²) in [4.78, 5) is 0. The van der Waals surface area contributed by atoms with Crippen molar-refractivity contribution in [1.29, 1.82) is 0 Å². The highest BCUT2D eigenvalue weighted by atomic mass is 14.6. The summed E-state index contributed by atoms with van der Waals surface area (Å²) in [5.41, 5.74) is 14.1. The van der Waals surface area contributed by atoms with E-state index in [1.165, 1.54) is 5.56 Å². The maximum Gasteiger partial charge on any atom is 0.0337 e. The minimum Gasteiger partial charge on any atom is -0.399 e.